The maximum absolute atomic E-state index is 15.1. The summed E-state index contributed by atoms with van der Waals surface area (Å²) in [7, 11) is -3.05. The first-order valence-corrected chi connectivity index (χ1v) is 17.0. The van der Waals surface area contributed by atoms with Crippen LogP contribution in [-0.4, -0.2) is 48.6 Å². The maximum Gasteiger partial charge on any atom is 0.149 e. The molecule has 0 aliphatic heterocycles. The molecule has 2 aromatic heterocycles. The normalized spacial score (nSPS) is 11.6. The molecule has 0 bridgehead atoms. The van der Waals surface area contributed by atoms with Gasteiger partial charge in [0.25, 0.3) is 0 Å². The molecule has 5 rings (SSSR count). The van der Waals surface area contributed by atoms with Gasteiger partial charge in [-0.25, -0.2) is 32.2 Å². The number of nitrogens with one attached hydrogen (secondary N) is 1. The second-order valence-electron chi connectivity index (χ2n) is 9.73. The van der Waals surface area contributed by atoms with Crippen molar-refractivity contribution in [3.05, 3.63) is 93.0 Å². The molecule has 0 saturated carbocycles. The van der Waals surface area contributed by atoms with E-state index in [0.717, 1.165) is 5.01 Å². The molecule has 2 heterocycles. The second kappa shape index (κ2) is 13.8. The molecule has 0 atom stereocenters. The molecule has 0 spiro atoms. The van der Waals surface area contributed by atoms with Crippen molar-refractivity contribution in [1.29, 1.82) is 0 Å². The van der Waals surface area contributed by atoms with Crippen molar-refractivity contribution in [3.8, 4) is 17.0 Å². The molecule has 0 fully saturated rings. The molecule has 0 saturated heterocycles. The molecule has 0 aliphatic rings. The van der Waals surface area contributed by atoms with Gasteiger partial charge in [-0.05, 0) is 64.3 Å². The molecule has 43 heavy (non-hydrogen) atoms. The number of benzene rings is 3. The maximum atomic E-state index is 15.1. The van der Waals surface area contributed by atoms with Gasteiger partial charge in [-0.15, -0.1) is 11.3 Å². The van der Waals surface area contributed by atoms with Gasteiger partial charge in [-0.3, -0.25) is 0 Å². The minimum atomic E-state index is -3.05. The lowest BCUT2D eigenvalue weighted by Gasteiger charge is -2.13. The smallest absolute Gasteiger partial charge is 0.149 e. The van der Waals surface area contributed by atoms with E-state index >= 15 is 4.39 Å². The average Bonchev–Trinajstić information content (AvgIpc) is 3.42. The van der Waals surface area contributed by atoms with E-state index in [1.54, 1.807) is 29.6 Å². The van der Waals surface area contributed by atoms with Crippen molar-refractivity contribution in [2.24, 2.45) is 0 Å². The summed E-state index contributed by atoms with van der Waals surface area (Å²) < 4.78 is 62.9. The van der Waals surface area contributed by atoms with Gasteiger partial charge in [-0.2, -0.15) is 0 Å². The summed E-state index contributed by atoms with van der Waals surface area (Å²) in [6, 6.07) is 14.7. The van der Waals surface area contributed by atoms with Crippen LogP contribution < -0.4 is 10.1 Å². The van der Waals surface area contributed by atoms with Gasteiger partial charge < -0.3 is 14.8 Å². The zero-order chi connectivity index (χ0) is 30.4. The highest BCUT2D eigenvalue weighted by Crippen LogP contribution is 2.34. The van der Waals surface area contributed by atoms with Crippen LogP contribution in [0.5, 0.6) is 5.75 Å². The summed E-state index contributed by atoms with van der Waals surface area (Å²) in [4.78, 5) is 13.2. The fourth-order valence-electron chi connectivity index (χ4n) is 4.18. The molecule has 0 amide bonds. The van der Waals surface area contributed by atoms with E-state index in [0.29, 0.717) is 68.9 Å². The molecule has 5 aromatic rings. The minimum Gasteiger partial charge on any atom is -0.488 e. The number of sulfone groups is 1. The Kier molecular flexibility index (Phi) is 9.96. The van der Waals surface area contributed by atoms with Gasteiger partial charge in [0.1, 0.15) is 46.0 Å². The second-order valence-corrected chi connectivity index (χ2v) is 13.8. The molecule has 0 unspecified atom stereocenters. The minimum absolute atomic E-state index is 0.00872. The highest BCUT2D eigenvalue weighted by Gasteiger charge is 2.15. The first-order chi connectivity index (χ1) is 20.6. The van der Waals surface area contributed by atoms with E-state index in [2.05, 4.69) is 36.2 Å². The van der Waals surface area contributed by atoms with E-state index < -0.39 is 15.7 Å². The predicted molar refractivity (Wildman–Crippen MR) is 168 cm³/mol. The molecule has 13 heteroatoms. The Morgan fingerprint density at radius 3 is 2.70 bits per heavy atom. The Balaban J connectivity index is 1.27. The van der Waals surface area contributed by atoms with Crippen molar-refractivity contribution in [2.75, 3.05) is 30.5 Å². The van der Waals surface area contributed by atoms with Crippen LogP contribution in [0.1, 0.15) is 17.0 Å². The summed E-state index contributed by atoms with van der Waals surface area (Å²) in [5.74, 6) is 0.312. The first kappa shape index (κ1) is 30.9. The Labute approximate surface area is 260 Å². The van der Waals surface area contributed by atoms with E-state index in [-0.39, 0.29) is 24.8 Å². The fraction of sp³-hybridized carbons (Fsp3) is 0.233. The lowest BCUT2D eigenvalue weighted by Crippen LogP contribution is -2.10. The van der Waals surface area contributed by atoms with Crippen molar-refractivity contribution in [1.82, 2.24) is 15.0 Å². The Morgan fingerprint density at radius 1 is 1.05 bits per heavy atom. The van der Waals surface area contributed by atoms with Crippen molar-refractivity contribution >= 4 is 59.5 Å². The molecular formula is C30H27BrF2N4O4S2. The SMILES string of the molecule is CS(=O)(=O)CCOCCCc1nc(-c2cc3c(Nc4ccc(OCc5cccc(F)c5)c(Br)c4)ncnc3cc2F)cs1. The molecule has 224 valence electrons. The van der Waals surface area contributed by atoms with Gasteiger partial charge in [0.05, 0.1) is 33.1 Å². The third kappa shape index (κ3) is 8.53. The number of nitrogens with zero attached hydrogens (tertiary/aromatic N) is 3. The van der Waals surface area contributed by atoms with Gasteiger partial charge in [-0.1, -0.05) is 12.1 Å². The molecule has 1 N–H and O–H groups in total. The topological polar surface area (TPSA) is 103 Å². The highest BCUT2D eigenvalue weighted by atomic mass is 79.9. The summed E-state index contributed by atoms with van der Waals surface area (Å²) in [5, 5.41) is 6.53. The number of fused-ring (bicyclic) bond motifs is 1. The van der Waals surface area contributed by atoms with Gasteiger partial charge in [0.15, 0.2) is 0 Å². The number of anilines is 2. The number of halogens is 3. The van der Waals surface area contributed by atoms with Crippen LogP contribution in [0.3, 0.4) is 0 Å². The number of hydrogen-bond donors (Lipinski definition) is 1. The van der Waals surface area contributed by atoms with Crippen molar-refractivity contribution in [3.63, 3.8) is 0 Å². The van der Waals surface area contributed by atoms with Crippen LogP contribution in [0, 0.1) is 11.6 Å². The molecule has 0 radical (unpaired) electrons. The Hall–Kier alpha value is -3.52. The molecule has 8 nitrogen and oxygen atoms in total. The van der Waals surface area contributed by atoms with Crippen LogP contribution in [0.15, 0.2) is 70.8 Å². The third-order valence-corrected chi connectivity index (χ3v) is 8.74. The van der Waals surface area contributed by atoms with Gasteiger partial charge in [0.2, 0.25) is 0 Å². The zero-order valence-electron chi connectivity index (χ0n) is 23.0. The number of aromatic nitrogens is 3. The largest absolute Gasteiger partial charge is 0.488 e. The molecule has 0 aliphatic carbocycles. The number of ether oxygens (including phenoxy) is 2. The summed E-state index contributed by atoms with van der Waals surface area (Å²) in [6.45, 7) is 0.789. The van der Waals surface area contributed by atoms with Crippen molar-refractivity contribution in [2.45, 2.75) is 19.4 Å². The highest BCUT2D eigenvalue weighted by molar-refractivity contribution is 9.10. The zero-order valence-corrected chi connectivity index (χ0v) is 26.2. The predicted octanol–water partition coefficient (Wildman–Crippen LogP) is 7.11. The Bertz CT molecular complexity index is 1850. The third-order valence-electron chi connectivity index (χ3n) is 6.31. The Morgan fingerprint density at radius 2 is 1.91 bits per heavy atom. The molecular weight excluding hydrogens is 662 g/mol. The van der Waals surface area contributed by atoms with Gasteiger partial charge >= 0.3 is 0 Å². The van der Waals surface area contributed by atoms with E-state index in [1.165, 1.54) is 42.1 Å². The van der Waals surface area contributed by atoms with Crippen LogP contribution in [-0.2, 0) is 27.6 Å². The summed E-state index contributed by atoms with van der Waals surface area (Å²) >= 11 is 4.96. The summed E-state index contributed by atoms with van der Waals surface area (Å²) in [5.41, 5.74) is 2.71. The van der Waals surface area contributed by atoms with Crippen LogP contribution in [0.25, 0.3) is 22.2 Å². The lowest BCUT2D eigenvalue weighted by atomic mass is 10.1. The van der Waals surface area contributed by atoms with E-state index in [4.69, 9.17) is 9.47 Å². The van der Waals surface area contributed by atoms with Crippen LogP contribution in [0.2, 0.25) is 0 Å². The fourth-order valence-corrected chi connectivity index (χ4v) is 5.94. The summed E-state index contributed by atoms with van der Waals surface area (Å²) in [6.07, 6.45) is 3.85. The number of aryl methyl sites for hydroxylation is 1. The van der Waals surface area contributed by atoms with E-state index in [1.807, 2.05) is 12.1 Å². The average molecular weight is 690 g/mol. The number of thiazole rings is 1. The van der Waals surface area contributed by atoms with Gasteiger partial charge in [0, 0.05) is 47.4 Å². The van der Waals surface area contributed by atoms with Crippen LogP contribution in [0.4, 0.5) is 20.3 Å². The first-order valence-electron chi connectivity index (χ1n) is 13.2. The van der Waals surface area contributed by atoms with Crippen LogP contribution >= 0.6 is 27.3 Å². The lowest BCUT2D eigenvalue weighted by molar-refractivity contribution is 0.146. The number of hydrogen-bond acceptors (Lipinski definition) is 9. The quantitative estimate of drug-likeness (QED) is 0.131. The monoisotopic (exact) mass is 688 g/mol. The van der Waals surface area contributed by atoms with E-state index in [9.17, 15) is 12.8 Å². The standard InChI is InChI=1S/C30H27BrF2N4O4S2/c1-43(38,39)11-10-40-9-3-6-29-37-27(17-42-29)22-14-23-26(15-25(22)33)34-18-35-30(23)36-21-7-8-28(24(31)13-21)41-16-19-4-2-5-20(32)12-19/h2,4-5,7-8,12-15,17-18H,3,6,9-11,16H2,1H3,(H,34,35,36). The number of rotatable bonds is 13. The van der Waals surface area contributed by atoms with Crippen molar-refractivity contribution < 1.29 is 26.7 Å². The molecule has 3 aromatic carbocycles.